The summed E-state index contributed by atoms with van der Waals surface area (Å²) in [5.41, 5.74) is -0.424. The summed E-state index contributed by atoms with van der Waals surface area (Å²) in [6, 6.07) is 4.21. The van der Waals surface area contributed by atoms with Crippen molar-refractivity contribution in [3.05, 3.63) is 51.0 Å². The van der Waals surface area contributed by atoms with Gasteiger partial charge in [0.25, 0.3) is 5.91 Å². The molecule has 6 nitrogen and oxygen atoms in total. The molecular weight excluding hydrogens is 319 g/mol. The van der Waals surface area contributed by atoms with Crippen LogP contribution in [0.3, 0.4) is 0 Å². The van der Waals surface area contributed by atoms with E-state index in [1.54, 1.807) is 7.05 Å². The fourth-order valence-electron chi connectivity index (χ4n) is 2.29. The SMILES string of the molecule is CCc1nnc(NC(=O)c2cn(C)c3c(F)cccc3c2=O)s1. The first-order valence-corrected chi connectivity index (χ1v) is 7.74. The van der Waals surface area contributed by atoms with Crippen LogP contribution < -0.4 is 10.7 Å². The quantitative estimate of drug-likeness (QED) is 0.799. The number of carbonyl (C=O) groups is 1. The Labute approximate surface area is 134 Å². The number of hydrogen-bond donors (Lipinski definition) is 1. The summed E-state index contributed by atoms with van der Waals surface area (Å²) < 4.78 is 15.3. The van der Waals surface area contributed by atoms with Crippen LogP contribution in [0, 0.1) is 5.82 Å². The second kappa shape index (κ2) is 5.88. The molecule has 0 saturated carbocycles. The van der Waals surface area contributed by atoms with E-state index in [4.69, 9.17) is 0 Å². The predicted molar refractivity (Wildman–Crippen MR) is 86.4 cm³/mol. The number of amides is 1. The lowest BCUT2D eigenvalue weighted by Crippen LogP contribution is -2.23. The summed E-state index contributed by atoms with van der Waals surface area (Å²) in [6.07, 6.45) is 2.04. The number of hydrogen-bond acceptors (Lipinski definition) is 5. The molecule has 0 atom stereocenters. The van der Waals surface area contributed by atoms with Gasteiger partial charge >= 0.3 is 0 Å². The van der Waals surface area contributed by atoms with Gasteiger partial charge in [0.1, 0.15) is 16.4 Å². The van der Waals surface area contributed by atoms with Crippen LogP contribution in [0.4, 0.5) is 9.52 Å². The molecule has 0 unspecified atom stereocenters. The lowest BCUT2D eigenvalue weighted by Gasteiger charge is -2.09. The summed E-state index contributed by atoms with van der Waals surface area (Å²) in [6.45, 7) is 1.93. The molecule has 0 bridgehead atoms. The van der Waals surface area contributed by atoms with Gasteiger partial charge in [-0.05, 0) is 18.6 Å². The lowest BCUT2D eigenvalue weighted by molar-refractivity contribution is 0.102. The number of carbonyl (C=O) groups excluding carboxylic acids is 1. The largest absolute Gasteiger partial charge is 0.347 e. The predicted octanol–water partition coefficient (Wildman–Crippen LogP) is 2.34. The molecule has 3 rings (SSSR count). The molecule has 1 N–H and O–H groups in total. The van der Waals surface area contributed by atoms with Gasteiger partial charge in [0.05, 0.1) is 5.52 Å². The van der Waals surface area contributed by atoms with E-state index in [0.717, 1.165) is 5.01 Å². The number of anilines is 1. The van der Waals surface area contributed by atoms with Crippen molar-refractivity contribution in [2.45, 2.75) is 13.3 Å². The number of pyridine rings is 1. The molecule has 3 aromatic rings. The number of aromatic nitrogens is 3. The minimum absolute atomic E-state index is 0.0705. The highest BCUT2D eigenvalue weighted by molar-refractivity contribution is 7.15. The Hall–Kier alpha value is -2.61. The zero-order chi connectivity index (χ0) is 16.6. The standard InChI is InChI=1S/C15H13FN4O2S/c1-3-11-18-19-15(23-11)17-14(22)9-7-20(2)12-8(13(9)21)5-4-6-10(12)16/h4-7H,3H2,1-2H3,(H,17,19,22). The van der Waals surface area contributed by atoms with Crippen molar-refractivity contribution in [2.24, 2.45) is 7.05 Å². The third kappa shape index (κ3) is 2.72. The summed E-state index contributed by atoms with van der Waals surface area (Å²) in [5.74, 6) is -1.10. The van der Waals surface area contributed by atoms with Gasteiger partial charge in [-0.25, -0.2) is 4.39 Å². The molecule has 0 aliphatic rings. The smallest absolute Gasteiger partial charge is 0.262 e. The maximum atomic E-state index is 13.9. The van der Waals surface area contributed by atoms with Gasteiger partial charge in [-0.2, -0.15) is 0 Å². The van der Waals surface area contributed by atoms with E-state index in [9.17, 15) is 14.0 Å². The number of nitrogens with zero attached hydrogens (tertiary/aromatic N) is 3. The highest BCUT2D eigenvalue weighted by Gasteiger charge is 2.17. The van der Waals surface area contributed by atoms with Crippen molar-refractivity contribution in [1.82, 2.24) is 14.8 Å². The Kier molecular flexibility index (Phi) is 3.91. The molecule has 0 fully saturated rings. The van der Waals surface area contributed by atoms with E-state index < -0.39 is 17.2 Å². The van der Waals surface area contributed by atoms with Gasteiger partial charge in [-0.3, -0.25) is 14.9 Å². The summed E-state index contributed by atoms with van der Waals surface area (Å²) in [7, 11) is 1.59. The van der Waals surface area contributed by atoms with E-state index >= 15 is 0 Å². The van der Waals surface area contributed by atoms with Crippen LogP contribution in [0.2, 0.25) is 0 Å². The number of halogens is 1. The van der Waals surface area contributed by atoms with Crippen LogP contribution in [0.15, 0.2) is 29.2 Å². The van der Waals surface area contributed by atoms with E-state index in [2.05, 4.69) is 15.5 Å². The Balaban J connectivity index is 2.04. The molecule has 0 spiro atoms. The molecule has 0 aliphatic heterocycles. The average Bonchev–Trinajstić information content (AvgIpc) is 2.98. The van der Waals surface area contributed by atoms with Gasteiger partial charge in [0, 0.05) is 18.6 Å². The maximum Gasteiger partial charge on any atom is 0.262 e. The first-order valence-electron chi connectivity index (χ1n) is 6.93. The number of benzene rings is 1. The highest BCUT2D eigenvalue weighted by atomic mass is 32.1. The van der Waals surface area contributed by atoms with Crippen LogP contribution in [0.25, 0.3) is 10.9 Å². The van der Waals surface area contributed by atoms with Crippen molar-refractivity contribution < 1.29 is 9.18 Å². The zero-order valence-corrected chi connectivity index (χ0v) is 13.3. The van der Waals surface area contributed by atoms with Crippen LogP contribution in [0.5, 0.6) is 0 Å². The molecule has 2 heterocycles. The Morgan fingerprint density at radius 3 is 2.87 bits per heavy atom. The maximum absolute atomic E-state index is 13.9. The van der Waals surface area contributed by atoms with Crippen molar-refractivity contribution in [2.75, 3.05) is 5.32 Å². The van der Waals surface area contributed by atoms with Gasteiger partial charge < -0.3 is 4.57 Å². The van der Waals surface area contributed by atoms with Gasteiger partial charge in [-0.15, -0.1) is 10.2 Å². The van der Waals surface area contributed by atoms with Crippen molar-refractivity contribution in [1.29, 1.82) is 0 Å². The molecule has 8 heteroatoms. The van der Waals surface area contributed by atoms with E-state index in [1.807, 2.05) is 6.92 Å². The van der Waals surface area contributed by atoms with Crippen LogP contribution in [-0.2, 0) is 13.5 Å². The van der Waals surface area contributed by atoms with Crippen LogP contribution in [-0.4, -0.2) is 20.7 Å². The molecule has 1 aromatic carbocycles. The molecule has 118 valence electrons. The molecule has 1 amide bonds. The summed E-state index contributed by atoms with van der Waals surface area (Å²) in [5, 5.41) is 11.6. The fraction of sp³-hybridized carbons (Fsp3) is 0.200. The lowest BCUT2D eigenvalue weighted by atomic mass is 10.1. The Bertz CT molecular complexity index is 964. The van der Waals surface area contributed by atoms with Crippen molar-refractivity contribution >= 4 is 33.3 Å². The van der Waals surface area contributed by atoms with Crippen LogP contribution in [0.1, 0.15) is 22.3 Å². The summed E-state index contributed by atoms with van der Waals surface area (Å²) >= 11 is 1.25. The van der Waals surface area contributed by atoms with E-state index in [-0.39, 0.29) is 16.5 Å². The second-order valence-electron chi connectivity index (χ2n) is 4.93. The molecule has 2 aromatic heterocycles. The average molecular weight is 332 g/mol. The monoisotopic (exact) mass is 332 g/mol. The molecule has 23 heavy (non-hydrogen) atoms. The fourth-order valence-corrected chi connectivity index (χ4v) is 2.97. The van der Waals surface area contributed by atoms with Crippen LogP contribution >= 0.6 is 11.3 Å². The normalized spacial score (nSPS) is 10.9. The third-order valence-electron chi connectivity index (χ3n) is 3.39. The van der Waals surface area contributed by atoms with E-state index in [1.165, 1.54) is 40.3 Å². The second-order valence-corrected chi connectivity index (χ2v) is 5.99. The molecule has 0 aliphatic carbocycles. The number of rotatable bonds is 3. The van der Waals surface area contributed by atoms with Gasteiger partial charge in [-0.1, -0.05) is 24.3 Å². The highest BCUT2D eigenvalue weighted by Crippen LogP contribution is 2.18. The minimum atomic E-state index is -0.587. The summed E-state index contributed by atoms with van der Waals surface area (Å²) in [4.78, 5) is 24.8. The molecule has 0 saturated heterocycles. The Morgan fingerprint density at radius 2 is 2.17 bits per heavy atom. The van der Waals surface area contributed by atoms with Crippen molar-refractivity contribution in [3.8, 4) is 0 Å². The first kappa shape index (κ1) is 15.3. The third-order valence-corrected chi connectivity index (χ3v) is 4.37. The number of para-hydroxylation sites is 1. The van der Waals surface area contributed by atoms with Gasteiger partial charge in [0.15, 0.2) is 0 Å². The molecular formula is C15H13FN4O2S. The minimum Gasteiger partial charge on any atom is -0.347 e. The van der Waals surface area contributed by atoms with Gasteiger partial charge in [0.2, 0.25) is 10.6 Å². The van der Waals surface area contributed by atoms with Crippen molar-refractivity contribution in [3.63, 3.8) is 0 Å². The number of nitrogens with one attached hydrogen (secondary N) is 1. The number of aryl methyl sites for hydroxylation is 2. The van der Waals surface area contributed by atoms with E-state index in [0.29, 0.717) is 11.6 Å². The number of fused-ring (bicyclic) bond motifs is 1. The Morgan fingerprint density at radius 1 is 1.39 bits per heavy atom. The molecule has 0 radical (unpaired) electrons. The zero-order valence-electron chi connectivity index (χ0n) is 12.5. The topological polar surface area (TPSA) is 76.9 Å². The first-order chi connectivity index (χ1) is 11.0.